The van der Waals surface area contributed by atoms with E-state index in [1.54, 1.807) is 25.5 Å². The Balaban J connectivity index is 0.00000289. The fraction of sp³-hybridized carbons (Fsp3) is 0.500. The standard InChI is InChI=1S/C24H32N4O2S.HI/c1-25-24(27-19-13-14-28(16-19)23(29)18-5-3-4-6-18)26-15-21-11-12-22(31-21)17-7-9-20(30-2)10-8-17;/h7-12,18-19H,3-6,13-16H2,1-2H3,(H2,25,26,27);1H. The molecule has 2 heterocycles. The topological polar surface area (TPSA) is 66.0 Å². The Hall–Kier alpha value is -1.81. The van der Waals surface area contributed by atoms with E-state index < -0.39 is 0 Å². The number of likely N-dealkylation sites (tertiary alicyclic amines) is 1. The zero-order valence-corrected chi connectivity index (χ0v) is 21.9. The number of amides is 1. The first-order chi connectivity index (χ1) is 15.2. The second-order valence-electron chi connectivity index (χ2n) is 8.32. The van der Waals surface area contributed by atoms with Crippen molar-refractivity contribution in [2.45, 2.75) is 44.7 Å². The third kappa shape index (κ3) is 6.15. The maximum absolute atomic E-state index is 12.7. The van der Waals surface area contributed by atoms with Gasteiger partial charge in [0, 0.05) is 41.9 Å². The summed E-state index contributed by atoms with van der Waals surface area (Å²) in [6.45, 7) is 2.34. The Kier molecular flexibility index (Phi) is 9.22. The molecular formula is C24H33IN4O2S. The number of nitrogens with zero attached hydrogens (tertiary/aromatic N) is 2. The molecule has 2 aromatic rings. The molecule has 32 heavy (non-hydrogen) atoms. The van der Waals surface area contributed by atoms with Crippen LogP contribution in [-0.2, 0) is 11.3 Å². The van der Waals surface area contributed by atoms with Crippen molar-refractivity contribution < 1.29 is 9.53 Å². The summed E-state index contributed by atoms with van der Waals surface area (Å²) >= 11 is 1.77. The number of hydrogen-bond acceptors (Lipinski definition) is 4. The number of methoxy groups -OCH3 is 1. The average molecular weight is 569 g/mol. The summed E-state index contributed by atoms with van der Waals surface area (Å²) in [6, 6.07) is 12.7. The number of rotatable bonds is 6. The molecule has 1 unspecified atom stereocenters. The lowest BCUT2D eigenvalue weighted by Crippen LogP contribution is -2.45. The molecule has 1 atom stereocenters. The monoisotopic (exact) mass is 568 g/mol. The van der Waals surface area contributed by atoms with Gasteiger partial charge in [-0.05, 0) is 61.2 Å². The number of carbonyl (C=O) groups is 1. The fourth-order valence-electron chi connectivity index (χ4n) is 4.45. The molecule has 6 nitrogen and oxygen atoms in total. The predicted molar refractivity (Wildman–Crippen MR) is 142 cm³/mol. The Morgan fingerprint density at radius 3 is 2.59 bits per heavy atom. The number of halogens is 1. The zero-order chi connectivity index (χ0) is 21.6. The first-order valence-electron chi connectivity index (χ1n) is 11.2. The molecule has 1 aromatic carbocycles. The van der Waals surface area contributed by atoms with Crippen LogP contribution in [0.1, 0.15) is 37.0 Å². The normalized spacial score (nSPS) is 19.0. The lowest BCUT2D eigenvalue weighted by atomic mass is 10.1. The molecule has 0 spiro atoms. The third-order valence-electron chi connectivity index (χ3n) is 6.24. The largest absolute Gasteiger partial charge is 0.497 e. The number of ether oxygens (including phenoxy) is 1. The molecule has 1 aliphatic heterocycles. The van der Waals surface area contributed by atoms with Crippen LogP contribution in [0.4, 0.5) is 0 Å². The van der Waals surface area contributed by atoms with Crippen molar-refractivity contribution in [2.75, 3.05) is 27.2 Å². The maximum atomic E-state index is 12.7. The summed E-state index contributed by atoms with van der Waals surface area (Å²) in [5.74, 6) is 2.27. The molecule has 1 aromatic heterocycles. The second-order valence-corrected chi connectivity index (χ2v) is 9.48. The van der Waals surface area contributed by atoms with Crippen LogP contribution >= 0.6 is 35.3 Å². The summed E-state index contributed by atoms with van der Waals surface area (Å²) in [7, 11) is 3.48. The smallest absolute Gasteiger partial charge is 0.225 e. The van der Waals surface area contributed by atoms with Crippen molar-refractivity contribution in [3.63, 3.8) is 0 Å². The Labute approximate surface area is 211 Å². The van der Waals surface area contributed by atoms with E-state index >= 15 is 0 Å². The number of nitrogens with one attached hydrogen (secondary N) is 2. The molecule has 1 aliphatic carbocycles. The molecular weight excluding hydrogens is 535 g/mol. The quantitative estimate of drug-likeness (QED) is 0.306. The van der Waals surface area contributed by atoms with Crippen molar-refractivity contribution >= 4 is 47.2 Å². The van der Waals surface area contributed by atoms with Gasteiger partial charge in [0.05, 0.1) is 13.7 Å². The van der Waals surface area contributed by atoms with Crippen LogP contribution in [0.2, 0.25) is 0 Å². The Morgan fingerprint density at radius 2 is 1.91 bits per heavy atom. The fourth-order valence-corrected chi connectivity index (χ4v) is 5.40. The molecule has 2 fully saturated rings. The minimum Gasteiger partial charge on any atom is -0.497 e. The van der Waals surface area contributed by atoms with Gasteiger partial charge in [-0.1, -0.05) is 12.8 Å². The van der Waals surface area contributed by atoms with Gasteiger partial charge in [-0.3, -0.25) is 9.79 Å². The van der Waals surface area contributed by atoms with Crippen molar-refractivity contribution in [3.8, 4) is 16.2 Å². The lowest BCUT2D eigenvalue weighted by Gasteiger charge is -2.21. The van der Waals surface area contributed by atoms with Crippen LogP contribution in [0, 0.1) is 5.92 Å². The van der Waals surface area contributed by atoms with Crippen LogP contribution in [0.25, 0.3) is 10.4 Å². The van der Waals surface area contributed by atoms with Gasteiger partial charge in [-0.25, -0.2) is 0 Å². The second kappa shape index (κ2) is 11.9. The van der Waals surface area contributed by atoms with Gasteiger partial charge in [-0.15, -0.1) is 35.3 Å². The molecule has 4 rings (SSSR count). The summed E-state index contributed by atoms with van der Waals surface area (Å²) in [4.78, 5) is 21.6. The van der Waals surface area contributed by atoms with E-state index in [2.05, 4.69) is 39.9 Å². The molecule has 174 valence electrons. The molecule has 1 saturated heterocycles. The molecule has 1 amide bonds. The minimum absolute atomic E-state index is 0. The van der Waals surface area contributed by atoms with E-state index in [1.807, 2.05) is 17.0 Å². The number of benzene rings is 1. The van der Waals surface area contributed by atoms with E-state index in [4.69, 9.17) is 4.74 Å². The number of guanidine groups is 1. The highest BCUT2D eigenvalue weighted by Crippen LogP contribution is 2.30. The van der Waals surface area contributed by atoms with Crippen molar-refractivity contribution in [1.29, 1.82) is 0 Å². The van der Waals surface area contributed by atoms with E-state index in [-0.39, 0.29) is 35.9 Å². The van der Waals surface area contributed by atoms with Crippen LogP contribution in [0.3, 0.4) is 0 Å². The molecule has 8 heteroatoms. The van der Waals surface area contributed by atoms with E-state index in [1.165, 1.54) is 28.2 Å². The molecule has 1 saturated carbocycles. The highest BCUT2D eigenvalue weighted by Gasteiger charge is 2.32. The average Bonchev–Trinajstić information content (AvgIpc) is 3.58. The van der Waals surface area contributed by atoms with Crippen LogP contribution in [-0.4, -0.2) is 50.1 Å². The summed E-state index contributed by atoms with van der Waals surface area (Å²) in [5, 5.41) is 6.92. The maximum Gasteiger partial charge on any atom is 0.225 e. The summed E-state index contributed by atoms with van der Waals surface area (Å²) in [5.41, 5.74) is 1.19. The van der Waals surface area contributed by atoms with Crippen LogP contribution in [0.5, 0.6) is 5.75 Å². The highest BCUT2D eigenvalue weighted by atomic mass is 127. The first-order valence-corrected chi connectivity index (χ1v) is 12.0. The zero-order valence-electron chi connectivity index (χ0n) is 18.8. The molecule has 0 radical (unpaired) electrons. The van der Waals surface area contributed by atoms with Crippen molar-refractivity contribution in [1.82, 2.24) is 15.5 Å². The summed E-state index contributed by atoms with van der Waals surface area (Å²) in [6.07, 6.45) is 5.50. The van der Waals surface area contributed by atoms with E-state index in [0.29, 0.717) is 5.91 Å². The molecule has 2 N–H and O–H groups in total. The van der Waals surface area contributed by atoms with Crippen LogP contribution in [0.15, 0.2) is 41.4 Å². The Bertz CT molecular complexity index is 909. The SMILES string of the molecule is CN=C(NCc1ccc(-c2ccc(OC)cc2)s1)NC1CCN(C(=O)C2CCCC2)C1.I. The molecule has 0 bridgehead atoms. The van der Waals surface area contributed by atoms with Gasteiger partial charge in [0.2, 0.25) is 5.91 Å². The minimum atomic E-state index is 0. The predicted octanol–water partition coefficient (Wildman–Crippen LogP) is 4.50. The number of hydrogen-bond donors (Lipinski definition) is 2. The van der Waals surface area contributed by atoms with Crippen molar-refractivity contribution in [3.05, 3.63) is 41.3 Å². The third-order valence-corrected chi connectivity index (χ3v) is 7.37. The number of thiophene rings is 1. The number of aliphatic imine (C=N–C) groups is 1. The van der Waals surface area contributed by atoms with Gasteiger partial charge in [-0.2, -0.15) is 0 Å². The van der Waals surface area contributed by atoms with Gasteiger partial charge < -0.3 is 20.3 Å². The van der Waals surface area contributed by atoms with Crippen LogP contribution < -0.4 is 15.4 Å². The first kappa shape index (κ1) is 24.8. The Morgan fingerprint density at radius 1 is 1.16 bits per heavy atom. The van der Waals surface area contributed by atoms with Crippen molar-refractivity contribution in [2.24, 2.45) is 10.9 Å². The summed E-state index contributed by atoms with van der Waals surface area (Å²) < 4.78 is 5.24. The van der Waals surface area contributed by atoms with Gasteiger partial charge in [0.25, 0.3) is 0 Å². The van der Waals surface area contributed by atoms with Gasteiger partial charge in [0.1, 0.15) is 5.75 Å². The number of carbonyl (C=O) groups excluding carboxylic acids is 1. The van der Waals surface area contributed by atoms with Gasteiger partial charge >= 0.3 is 0 Å². The van der Waals surface area contributed by atoms with E-state index in [0.717, 1.165) is 50.6 Å². The lowest BCUT2D eigenvalue weighted by molar-refractivity contribution is -0.134. The molecule has 2 aliphatic rings. The van der Waals surface area contributed by atoms with E-state index in [9.17, 15) is 4.79 Å². The van der Waals surface area contributed by atoms with Gasteiger partial charge in [0.15, 0.2) is 5.96 Å². The highest BCUT2D eigenvalue weighted by molar-refractivity contribution is 14.0.